The summed E-state index contributed by atoms with van der Waals surface area (Å²) in [7, 11) is 3.38. The molecule has 0 aliphatic carbocycles. The van der Waals surface area contributed by atoms with Crippen molar-refractivity contribution < 1.29 is 4.74 Å². The van der Waals surface area contributed by atoms with Gasteiger partial charge in [-0.2, -0.15) is 5.10 Å². The standard InChI is InChI=1S/C19H22N6O.HI/c1-20-19(21-12-14-6-4-3-5-7-14)22-13-17-23-18(25-24-17)15-8-10-16(26-2)11-9-15;/h3-11H,12-13H2,1-2H3,(H2,20,21,22)(H,23,24,25);1H. The minimum atomic E-state index is 0. The topological polar surface area (TPSA) is 87.2 Å². The fraction of sp³-hybridized carbons (Fsp3) is 0.211. The molecule has 0 spiro atoms. The van der Waals surface area contributed by atoms with Crippen LogP contribution in [0.3, 0.4) is 0 Å². The molecule has 0 atom stereocenters. The minimum Gasteiger partial charge on any atom is -0.497 e. The number of hydrogen-bond acceptors (Lipinski definition) is 4. The van der Waals surface area contributed by atoms with Gasteiger partial charge < -0.3 is 15.4 Å². The number of ether oxygens (including phenoxy) is 1. The number of rotatable bonds is 6. The second-order valence-electron chi connectivity index (χ2n) is 5.60. The van der Waals surface area contributed by atoms with E-state index in [1.165, 1.54) is 5.56 Å². The van der Waals surface area contributed by atoms with Gasteiger partial charge in [0.1, 0.15) is 11.6 Å². The third-order valence-corrected chi connectivity index (χ3v) is 3.83. The van der Waals surface area contributed by atoms with E-state index in [1.54, 1.807) is 14.2 Å². The lowest BCUT2D eigenvalue weighted by molar-refractivity contribution is 0.415. The summed E-state index contributed by atoms with van der Waals surface area (Å²) in [5.74, 6) is 2.89. The molecule has 0 saturated heterocycles. The van der Waals surface area contributed by atoms with Crippen molar-refractivity contribution in [3.8, 4) is 17.1 Å². The van der Waals surface area contributed by atoms with Crippen molar-refractivity contribution >= 4 is 29.9 Å². The molecular formula is C19H23IN6O. The van der Waals surface area contributed by atoms with Crippen molar-refractivity contribution in [3.63, 3.8) is 0 Å². The molecular weight excluding hydrogens is 455 g/mol. The number of halogens is 1. The Hall–Kier alpha value is -2.62. The van der Waals surface area contributed by atoms with Gasteiger partial charge in [0.15, 0.2) is 11.8 Å². The Labute approximate surface area is 175 Å². The van der Waals surface area contributed by atoms with E-state index in [4.69, 9.17) is 4.74 Å². The average Bonchev–Trinajstić information content (AvgIpc) is 3.18. The first kappa shape index (κ1) is 20.7. The van der Waals surface area contributed by atoms with E-state index in [2.05, 4.69) is 42.9 Å². The number of methoxy groups -OCH3 is 1. The van der Waals surface area contributed by atoms with Gasteiger partial charge >= 0.3 is 0 Å². The first-order valence-corrected chi connectivity index (χ1v) is 8.32. The average molecular weight is 478 g/mol. The molecule has 0 aliphatic rings. The van der Waals surface area contributed by atoms with E-state index in [0.717, 1.165) is 17.1 Å². The van der Waals surface area contributed by atoms with Gasteiger partial charge in [-0.05, 0) is 29.8 Å². The molecule has 1 heterocycles. The number of H-pyrrole nitrogens is 1. The molecule has 0 fully saturated rings. The summed E-state index contributed by atoms with van der Waals surface area (Å²) >= 11 is 0. The van der Waals surface area contributed by atoms with Crippen molar-refractivity contribution in [2.24, 2.45) is 4.99 Å². The number of aliphatic imine (C=N–C) groups is 1. The highest BCUT2D eigenvalue weighted by atomic mass is 127. The number of aromatic nitrogens is 3. The van der Waals surface area contributed by atoms with Gasteiger partial charge in [0.2, 0.25) is 0 Å². The number of nitrogens with one attached hydrogen (secondary N) is 3. The van der Waals surface area contributed by atoms with E-state index >= 15 is 0 Å². The summed E-state index contributed by atoms with van der Waals surface area (Å²) < 4.78 is 5.16. The highest BCUT2D eigenvalue weighted by Gasteiger charge is 2.07. The summed E-state index contributed by atoms with van der Waals surface area (Å²) in [6, 6.07) is 17.8. The van der Waals surface area contributed by atoms with Crippen LogP contribution >= 0.6 is 24.0 Å². The summed E-state index contributed by atoms with van der Waals surface area (Å²) in [5, 5.41) is 13.7. The third kappa shape index (κ3) is 5.95. The van der Waals surface area contributed by atoms with Gasteiger partial charge in [-0.3, -0.25) is 10.1 Å². The van der Waals surface area contributed by atoms with Crippen LogP contribution in [0.5, 0.6) is 5.75 Å². The zero-order valence-corrected chi connectivity index (χ0v) is 17.6. The fourth-order valence-corrected chi connectivity index (χ4v) is 2.41. The van der Waals surface area contributed by atoms with Crippen LogP contribution in [0.4, 0.5) is 0 Å². The van der Waals surface area contributed by atoms with Crippen LogP contribution < -0.4 is 15.4 Å². The molecule has 7 nitrogen and oxygen atoms in total. The largest absolute Gasteiger partial charge is 0.497 e. The van der Waals surface area contributed by atoms with E-state index in [0.29, 0.717) is 24.9 Å². The molecule has 8 heteroatoms. The van der Waals surface area contributed by atoms with Gasteiger partial charge in [0, 0.05) is 19.2 Å². The lowest BCUT2D eigenvalue weighted by Gasteiger charge is -2.10. The second-order valence-corrected chi connectivity index (χ2v) is 5.60. The fourth-order valence-electron chi connectivity index (χ4n) is 2.41. The van der Waals surface area contributed by atoms with Gasteiger partial charge in [-0.15, -0.1) is 24.0 Å². The van der Waals surface area contributed by atoms with Crippen LogP contribution in [-0.4, -0.2) is 35.3 Å². The summed E-state index contributed by atoms with van der Waals surface area (Å²) in [4.78, 5) is 8.73. The normalized spacial score (nSPS) is 10.8. The number of nitrogens with zero attached hydrogens (tertiary/aromatic N) is 3. The lowest BCUT2D eigenvalue weighted by Crippen LogP contribution is -2.36. The third-order valence-electron chi connectivity index (χ3n) is 3.83. The SMILES string of the molecule is CN=C(NCc1ccccc1)NCc1nc(-c2ccc(OC)cc2)n[nH]1.I. The van der Waals surface area contributed by atoms with Gasteiger partial charge in [0.25, 0.3) is 0 Å². The molecule has 3 aromatic rings. The summed E-state index contributed by atoms with van der Waals surface area (Å²) in [5.41, 5.74) is 2.12. The molecule has 142 valence electrons. The first-order chi connectivity index (χ1) is 12.8. The number of hydrogen-bond donors (Lipinski definition) is 3. The minimum absolute atomic E-state index is 0. The van der Waals surface area contributed by atoms with Crippen LogP contribution in [0.2, 0.25) is 0 Å². The number of benzene rings is 2. The molecule has 0 radical (unpaired) electrons. The second kappa shape index (κ2) is 10.5. The van der Waals surface area contributed by atoms with Crippen LogP contribution in [-0.2, 0) is 13.1 Å². The maximum absolute atomic E-state index is 5.16. The summed E-state index contributed by atoms with van der Waals surface area (Å²) in [6.45, 7) is 1.20. The Balaban J connectivity index is 0.00000261. The van der Waals surface area contributed by atoms with Gasteiger partial charge in [-0.25, -0.2) is 4.98 Å². The van der Waals surface area contributed by atoms with Gasteiger partial charge in [-0.1, -0.05) is 30.3 Å². The predicted molar refractivity (Wildman–Crippen MR) is 117 cm³/mol. The van der Waals surface area contributed by atoms with Crippen molar-refractivity contribution in [1.29, 1.82) is 0 Å². The quantitative estimate of drug-likeness (QED) is 0.288. The highest BCUT2D eigenvalue weighted by Crippen LogP contribution is 2.18. The molecule has 0 unspecified atom stereocenters. The van der Waals surface area contributed by atoms with E-state index in [9.17, 15) is 0 Å². The first-order valence-electron chi connectivity index (χ1n) is 8.32. The van der Waals surface area contributed by atoms with Crippen LogP contribution in [0.1, 0.15) is 11.4 Å². The van der Waals surface area contributed by atoms with Gasteiger partial charge in [0.05, 0.1) is 13.7 Å². The highest BCUT2D eigenvalue weighted by molar-refractivity contribution is 14.0. The zero-order valence-electron chi connectivity index (χ0n) is 15.3. The van der Waals surface area contributed by atoms with Crippen molar-refractivity contribution in [2.75, 3.05) is 14.2 Å². The Morgan fingerprint density at radius 3 is 2.41 bits per heavy atom. The predicted octanol–water partition coefficient (Wildman–Crippen LogP) is 2.96. The molecule has 3 N–H and O–H groups in total. The maximum Gasteiger partial charge on any atom is 0.191 e. The van der Waals surface area contributed by atoms with Crippen molar-refractivity contribution in [1.82, 2.24) is 25.8 Å². The molecule has 0 aliphatic heterocycles. The number of aromatic amines is 1. The molecule has 0 saturated carbocycles. The Bertz CT molecular complexity index is 848. The van der Waals surface area contributed by atoms with Crippen molar-refractivity contribution in [3.05, 3.63) is 66.0 Å². The lowest BCUT2D eigenvalue weighted by atomic mass is 10.2. The Kier molecular flexibility index (Phi) is 8.05. The molecule has 0 amide bonds. The summed E-state index contributed by atoms with van der Waals surface area (Å²) in [6.07, 6.45) is 0. The monoisotopic (exact) mass is 478 g/mol. The van der Waals surface area contributed by atoms with E-state index < -0.39 is 0 Å². The van der Waals surface area contributed by atoms with Crippen LogP contribution in [0, 0.1) is 0 Å². The Morgan fingerprint density at radius 2 is 1.74 bits per heavy atom. The molecule has 1 aromatic heterocycles. The molecule has 3 rings (SSSR count). The smallest absolute Gasteiger partial charge is 0.191 e. The Morgan fingerprint density at radius 1 is 1.04 bits per heavy atom. The molecule has 2 aromatic carbocycles. The van der Waals surface area contributed by atoms with Crippen molar-refractivity contribution in [2.45, 2.75) is 13.1 Å². The van der Waals surface area contributed by atoms with E-state index in [1.807, 2.05) is 42.5 Å². The zero-order chi connectivity index (χ0) is 18.2. The van der Waals surface area contributed by atoms with E-state index in [-0.39, 0.29) is 24.0 Å². The van der Waals surface area contributed by atoms with Crippen LogP contribution in [0.25, 0.3) is 11.4 Å². The molecule has 0 bridgehead atoms. The van der Waals surface area contributed by atoms with Crippen LogP contribution in [0.15, 0.2) is 59.6 Å². The number of guanidine groups is 1. The maximum atomic E-state index is 5.16. The molecule has 27 heavy (non-hydrogen) atoms.